The van der Waals surface area contributed by atoms with Crippen molar-refractivity contribution in [1.29, 1.82) is 0 Å². The summed E-state index contributed by atoms with van der Waals surface area (Å²) in [6.45, 7) is 1.04. The number of rotatable bonds is 8. The van der Waals surface area contributed by atoms with E-state index in [0.29, 0.717) is 30.2 Å². The van der Waals surface area contributed by atoms with Crippen LogP contribution in [0.1, 0.15) is 5.56 Å². The molecule has 2 aliphatic heterocycles. The monoisotopic (exact) mass is 429 g/mol. The molecule has 31 heavy (non-hydrogen) atoms. The van der Waals surface area contributed by atoms with Crippen LogP contribution in [0.15, 0.2) is 28.2 Å². The predicted octanol–water partition coefficient (Wildman–Crippen LogP) is -0.414. The third-order valence-electron chi connectivity index (χ3n) is 4.70. The van der Waals surface area contributed by atoms with Crippen LogP contribution < -0.4 is 14.8 Å². The number of likely N-dealkylation sites (N-methyl/N-ethyl adjacent to an activating group) is 1. The summed E-state index contributed by atoms with van der Waals surface area (Å²) in [6.07, 6.45) is 0. The van der Waals surface area contributed by atoms with E-state index in [9.17, 15) is 14.4 Å². The average molecular weight is 429 g/mol. The Kier molecular flexibility index (Phi) is 6.44. The van der Waals surface area contributed by atoms with Gasteiger partial charge in [0.15, 0.2) is 18.1 Å². The van der Waals surface area contributed by atoms with Crippen LogP contribution in [0.5, 0.6) is 11.5 Å². The second kappa shape index (κ2) is 9.04. The number of imide groups is 1. The van der Waals surface area contributed by atoms with Crippen molar-refractivity contribution in [2.45, 2.75) is 0 Å². The minimum atomic E-state index is -0.517. The fourth-order valence-corrected chi connectivity index (χ4v) is 2.94. The van der Waals surface area contributed by atoms with Gasteiger partial charge in [-0.05, 0) is 32.3 Å². The molecule has 0 bridgehead atoms. The summed E-state index contributed by atoms with van der Waals surface area (Å²) in [4.78, 5) is 48.1. The van der Waals surface area contributed by atoms with E-state index in [-0.39, 0.29) is 29.9 Å². The number of urea groups is 1. The number of nitrogens with zero attached hydrogens (tertiary/aromatic N) is 5. The molecule has 11 heteroatoms. The molecule has 3 rings (SSSR count). The summed E-state index contributed by atoms with van der Waals surface area (Å²) in [5.74, 6) is 0.444. The highest BCUT2D eigenvalue weighted by atomic mass is 16.5. The Hall–Kier alpha value is -3.60. The molecule has 0 radical (unpaired) electrons. The highest BCUT2D eigenvalue weighted by molar-refractivity contribution is 6.70. The van der Waals surface area contributed by atoms with E-state index in [4.69, 9.17) is 9.47 Å². The minimum Gasteiger partial charge on any atom is -0.493 e. The van der Waals surface area contributed by atoms with Crippen molar-refractivity contribution in [1.82, 2.24) is 15.1 Å². The molecule has 0 atom stereocenters. The normalized spacial score (nSPS) is 15.7. The van der Waals surface area contributed by atoms with Crippen molar-refractivity contribution in [2.24, 2.45) is 9.98 Å². The Morgan fingerprint density at radius 2 is 1.97 bits per heavy atom. The smallest absolute Gasteiger partial charge is 0.446 e. The van der Waals surface area contributed by atoms with Gasteiger partial charge in [0.05, 0.1) is 21.2 Å². The molecule has 0 spiro atoms. The van der Waals surface area contributed by atoms with E-state index in [2.05, 4.69) is 15.3 Å². The summed E-state index contributed by atoms with van der Waals surface area (Å²) < 4.78 is 12.2. The molecule has 2 heterocycles. The molecule has 0 aromatic heterocycles. The zero-order valence-electron chi connectivity index (χ0n) is 18.1. The van der Waals surface area contributed by atoms with Gasteiger partial charge in [-0.25, -0.2) is 9.59 Å². The number of aliphatic imine (C=N–C) groups is 2. The number of carbonyl (C=O) groups is 3. The van der Waals surface area contributed by atoms with E-state index in [1.165, 1.54) is 25.8 Å². The summed E-state index contributed by atoms with van der Waals surface area (Å²) >= 11 is 0. The second-order valence-corrected chi connectivity index (χ2v) is 7.23. The molecular weight excluding hydrogens is 404 g/mol. The van der Waals surface area contributed by atoms with E-state index in [1.807, 2.05) is 19.0 Å². The summed E-state index contributed by atoms with van der Waals surface area (Å²) in [5.41, 5.74) is 0.646. The first-order chi connectivity index (χ1) is 14.7. The first-order valence-corrected chi connectivity index (χ1v) is 9.56. The number of benzene rings is 1. The van der Waals surface area contributed by atoms with Gasteiger partial charge in [0.2, 0.25) is 11.5 Å². The SMILES string of the molecule is COc1ccc(C2=NC3=[N+](C)C(=O)N(C)C(=O)C3=N2)cc1OCC(=O)NCCN(C)C. The van der Waals surface area contributed by atoms with E-state index >= 15 is 0 Å². The van der Waals surface area contributed by atoms with Gasteiger partial charge in [0.25, 0.3) is 5.91 Å². The highest BCUT2D eigenvalue weighted by Crippen LogP contribution is 2.29. The maximum Gasteiger partial charge on any atom is 0.446 e. The number of nitrogens with one attached hydrogen (secondary N) is 1. The Morgan fingerprint density at radius 1 is 1.23 bits per heavy atom. The lowest BCUT2D eigenvalue weighted by Crippen LogP contribution is -2.51. The number of hydrogen-bond donors (Lipinski definition) is 1. The van der Waals surface area contributed by atoms with Gasteiger partial charge in [-0.1, -0.05) is 4.99 Å². The summed E-state index contributed by atoms with van der Waals surface area (Å²) in [6, 6.07) is 4.51. The van der Waals surface area contributed by atoms with Crippen LogP contribution >= 0.6 is 0 Å². The molecule has 11 nitrogen and oxygen atoms in total. The predicted molar refractivity (Wildman–Crippen MR) is 113 cm³/mol. The van der Waals surface area contributed by atoms with Gasteiger partial charge in [-0.15, -0.1) is 0 Å². The topological polar surface area (TPSA) is 116 Å². The van der Waals surface area contributed by atoms with Crippen LogP contribution in [0, 0.1) is 0 Å². The van der Waals surface area contributed by atoms with Crippen LogP contribution in [0.3, 0.4) is 0 Å². The number of fused-ring (bicyclic) bond motifs is 1. The maximum absolute atomic E-state index is 12.4. The van der Waals surface area contributed by atoms with E-state index in [0.717, 1.165) is 4.90 Å². The van der Waals surface area contributed by atoms with Crippen molar-refractivity contribution in [3.63, 3.8) is 0 Å². The molecule has 0 aliphatic carbocycles. The Morgan fingerprint density at radius 3 is 2.65 bits per heavy atom. The zero-order chi connectivity index (χ0) is 22.7. The molecule has 4 amide bonds. The van der Waals surface area contributed by atoms with Crippen molar-refractivity contribution < 1.29 is 28.4 Å². The molecule has 1 aromatic rings. The summed E-state index contributed by atoms with van der Waals surface area (Å²) in [7, 11) is 8.25. The zero-order valence-corrected chi connectivity index (χ0v) is 18.1. The van der Waals surface area contributed by atoms with Gasteiger partial charge in [-0.2, -0.15) is 14.5 Å². The molecule has 0 saturated heterocycles. The van der Waals surface area contributed by atoms with Crippen LogP contribution in [0.2, 0.25) is 0 Å². The Labute approximate surface area is 179 Å². The van der Waals surface area contributed by atoms with Crippen LogP contribution in [0.25, 0.3) is 0 Å². The van der Waals surface area contributed by atoms with Gasteiger partial charge in [-0.3, -0.25) is 4.79 Å². The molecule has 0 fully saturated rings. The third-order valence-corrected chi connectivity index (χ3v) is 4.70. The van der Waals surface area contributed by atoms with Gasteiger partial charge < -0.3 is 19.7 Å². The molecule has 2 aliphatic rings. The van der Waals surface area contributed by atoms with Crippen molar-refractivity contribution in [2.75, 3.05) is 55.0 Å². The van der Waals surface area contributed by atoms with Gasteiger partial charge >= 0.3 is 17.8 Å². The van der Waals surface area contributed by atoms with Gasteiger partial charge in [0.1, 0.15) is 0 Å². The molecule has 0 unspecified atom stereocenters. The largest absolute Gasteiger partial charge is 0.493 e. The van der Waals surface area contributed by atoms with Crippen molar-refractivity contribution >= 4 is 35.2 Å². The van der Waals surface area contributed by atoms with E-state index < -0.39 is 11.9 Å². The van der Waals surface area contributed by atoms with Crippen molar-refractivity contribution in [3.05, 3.63) is 23.8 Å². The fraction of sp³-hybridized carbons (Fsp3) is 0.400. The number of amidine groups is 2. The maximum atomic E-state index is 12.4. The van der Waals surface area contributed by atoms with Crippen LogP contribution in [-0.4, -0.2) is 105 Å². The standard InChI is InChI=1S/C20H24N6O5/c1-24(2)9-8-21-15(27)11-31-14-10-12(6-7-13(14)30-5)17-22-16-18(23-17)25(3)20(29)26(4)19(16)28/h6-7,10H,8-9,11H2,1-5H3/p+1. The number of ether oxygens (including phenoxy) is 2. The number of carbonyl (C=O) groups excluding carboxylic acids is 3. The minimum absolute atomic E-state index is 0.0955. The van der Waals surface area contributed by atoms with E-state index in [1.54, 1.807) is 18.2 Å². The lowest BCUT2D eigenvalue weighted by Gasteiger charge is -2.15. The molecule has 1 aromatic carbocycles. The van der Waals surface area contributed by atoms with Crippen LogP contribution in [0.4, 0.5) is 4.79 Å². The molecule has 1 N–H and O–H groups in total. The second-order valence-electron chi connectivity index (χ2n) is 7.23. The fourth-order valence-electron chi connectivity index (χ4n) is 2.94. The van der Waals surface area contributed by atoms with Crippen molar-refractivity contribution in [3.8, 4) is 11.5 Å². The number of hydrogen-bond acceptors (Lipinski definition) is 8. The highest BCUT2D eigenvalue weighted by Gasteiger charge is 2.44. The lowest BCUT2D eigenvalue weighted by molar-refractivity contribution is -0.401. The molecule has 164 valence electrons. The number of methoxy groups -OCH3 is 1. The number of amides is 4. The van der Waals surface area contributed by atoms with Crippen LogP contribution in [-0.2, 0) is 9.59 Å². The quantitative estimate of drug-likeness (QED) is 0.562. The average Bonchev–Trinajstić information content (AvgIpc) is 3.20. The first kappa shape index (κ1) is 22.1. The Balaban J connectivity index is 1.80. The molecular formula is C20H25N6O5+. The summed E-state index contributed by atoms with van der Waals surface area (Å²) in [5, 5.41) is 2.77. The first-order valence-electron chi connectivity index (χ1n) is 9.56. The Bertz CT molecular complexity index is 1030. The van der Waals surface area contributed by atoms with Gasteiger partial charge in [0, 0.05) is 18.7 Å². The lowest BCUT2D eigenvalue weighted by atomic mass is 10.2. The molecule has 0 saturated carbocycles. The third kappa shape index (κ3) is 4.61.